The van der Waals surface area contributed by atoms with Gasteiger partial charge in [0.2, 0.25) is 0 Å². The van der Waals surface area contributed by atoms with E-state index in [4.69, 9.17) is 5.73 Å². The van der Waals surface area contributed by atoms with E-state index in [1.54, 1.807) is 6.20 Å². The minimum Gasteiger partial charge on any atom is -0.367 e. The van der Waals surface area contributed by atoms with Crippen molar-refractivity contribution < 1.29 is 0 Å². The summed E-state index contributed by atoms with van der Waals surface area (Å²) in [6.45, 7) is 2.77. The van der Waals surface area contributed by atoms with E-state index in [9.17, 15) is 0 Å². The average Bonchev–Trinajstić information content (AvgIpc) is 2.10. The molecule has 0 spiro atoms. The van der Waals surface area contributed by atoms with Crippen LogP contribution >= 0.6 is 31.9 Å². The number of rotatable bonds is 4. The molecule has 1 atom stereocenters. The zero-order valence-corrected chi connectivity index (χ0v) is 11.1. The van der Waals surface area contributed by atoms with Crippen molar-refractivity contribution in [3.8, 4) is 0 Å². The van der Waals surface area contributed by atoms with Gasteiger partial charge >= 0.3 is 0 Å². The van der Waals surface area contributed by atoms with Gasteiger partial charge in [-0.2, -0.15) is 0 Å². The molecular formula is C9H13Br2N3. The third-order valence-electron chi connectivity index (χ3n) is 1.79. The number of aromatic nitrogens is 1. The minimum atomic E-state index is 0.338. The van der Waals surface area contributed by atoms with E-state index < -0.39 is 0 Å². The Hall–Kier alpha value is -0.130. The third kappa shape index (κ3) is 3.55. The second-order valence-electron chi connectivity index (χ2n) is 3.11. The Bertz CT molecular complexity index is 304. The van der Waals surface area contributed by atoms with Gasteiger partial charge in [-0.15, -0.1) is 0 Å². The molecule has 78 valence electrons. The summed E-state index contributed by atoms with van der Waals surface area (Å²) in [7, 11) is 0. The smallest absolute Gasteiger partial charge is 0.140 e. The zero-order chi connectivity index (χ0) is 10.6. The number of hydrogen-bond donors (Lipinski definition) is 2. The van der Waals surface area contributed by atoms with Gasteiger partial charge in [0.1, 0.15) is 5.82 Å². The second kappa shape index (κ2) is 5.68. The Morgan fingerprint density at radius 2 is 2.29 bits per heavy atom. The number of nitrogens with one attached hydrogen (secondary N) is 1. The van der Waals surface area contributed by atoms with Crippen LogP contribution in [0.2, 0.25) is 0 Å². The van der Waals surface area contributed by atoms with Gasteiger partial charge < -0.3 is 11.1 Å². The Kier molecular flexibility index (Phi) is 4.84. The summed E-state index contributed by atoms with van der Waals surface area (Å²) in [5.74, 6) is 0.856. The topological polar surface area (TPSA) is 50.9 Å². The van der Waals surface area contributed by atoms with Crippen LogP contribution in [0.15, 0.2) is 21.2 Å². The molecule has 3 nitrogen and oxygen atoms in total. The van der Waals surface area contributed by atoms with Crippen molar-refractivity contribution in [2.75, 3.05) is 11.9 Å². The monoisotopic (exact) mass is 321 g/mol. The molecule has 0 saturated carbocycles. The van der Waals surface area contributed by atoms with Crippen LogP contribution in [0, 0.1) is 0 Å². The van der Waals surface area contributed by atoms with Crippen LogP contribution in [0.5, 0.6) is 0 Å². The summed E-state index contributed by atoms with van der Waals surface area (Å²) in [6, 6.07) is 2.30. The normalized spacial score (nSPS) is 12.6. The summed E-state index contributed by atoms with van der Waals surface area (Å²) in [6.07, 6.45) is 2.70. The fourth-order valence-electron chi connectivity index (χ4n) is 1.08. The van der Waals surface area contributed by atoms with Crippen LogP contribution < -0.4 is 11.1 Å². The fourth-order valence-corrected chi connectivity index (χ4v) is 2.18. The number of anilines is 1. The molecule has 1 rings (SSSR count). The number of nitrogens with zero attached hydrogens (tertiary/aromatic N) is 1. The lowest BCUT2D eigenvalue weighted by molar-refractivity contribution is 0.713. The lowest BCUT2D eigenvalue weighted by Gasteiger charge is -2.14. The summed E-state index contributed by atoms with van der Waals surface area (Å²) >= 11 is 6.79. The summed E-state index contributed by atoms with van der Waals surface area (Å²) in [5, 5.41) is 3.28. The largest absolute Gasteiger partial charge is 0.367 e. The van der Waals surface area contributed by atoms with Crippen molar-refractivity contribution in [3.05, 3.63) is 21.2 Å². The lowest BCUT2D eigenvalue weighted by atomic mass is 10.2. The highest BCUT2D eigenvalue weighted by molar-refractivity contribution is 9.11. The number of pyridine rings is 1. The van der Waals surface area contributed by atoms with Crippen LogP contribution in [0.1, 0.15) is 13.3 Å². The molecule has 0 bridgehead atoms. The van der Waals surface area contributed by atoms with E-state index in [0.717, 1.165) is 21.2 Å². The number of hydrogen-bond acceptors (Lipinski definition) is 3. The number of halogens is 2. The molecule has 3 N–H and O–H groups in total. The molecule has 5 heteroatoms. The first-order chi connectivity index (χ1) is 6.63. The molecule has 0 radical (unpaired) electrons. The van der Waals surface area contributed by atoms with Crippen molar-refractivity contribution in [1.29, 1.82) is 0 Å². The maximum Gasteiger partial charge on any atom is 0.140 e. The van der Waals surface area contributed by atoms with E-state index in [1.807, 2.05) is 6.07 Å². The minimum absolute atomic E-state index is 0.338. The lowest BCUT2D eigenvalue weighted by Crippen LogP contribution is -2.20. The first-order valence-corrected chi connectivity index (χ1v) is 5.99. The Labute approximate surface area is 101 Å². The maximum absolute atomic E-state index is 5.47. The Morgan fingerprint density at radius 3 is 2.86 bits per heavy atom. The standard InChI is InChI=1S/C9H13Br2N3/c1-6(2-3-12)14-9-8(11)4-7(10)5-13-9/h4-6H,2-3,12H2,1H3,(H,13,14). The van der Waals surface area contributed by atoms with Crippen LogP contribution in [0.25, 0.3) is 0 Å². The molecule has 1 unspecified atom stereocenters. The molecule has 0 aromatic carbocycles. The summed E-state index contributed by atoms with van der Waals surface area (Å²) < 4.78 is 1.91. The van der Waals surface area contributed by atoms with Gasteiger partial charge in [-0.1, -0.05) is 0 Å². The molecular weight excluding hydrogens is 310 g/mol. The highest BCUT2D eigenvalue weighted by Crippen LogP contribution is 2.24. The van der Waals surface area contributed by atoms with Crippen molar-refractivity contribution in [2.24, 2.45) is 5.73 Å². The average molecular weight is 323 g/mol. The summed E-state index contributed by atoms with van der Waals surface area (Å²) in [4.78, 5) is 4.25. The molecule has 0 fully saturated rings. The van der Waals surface area contributed by atoms with Crippen LogP contribution in [-0.2, 0) is 0 Å². The van der Waals surface area contributed by atoms with E-state index in [2.05, 4.69) is 49.1 Å². The second-order valence-corrected chi connectivity index (χ2v) is 4.88. The molecule has 14 heavy (non-hydrogen) atoms. The third-order valence-corrected chi connectivity index (χ3v) is 2.83. The summed E-state index contributed by atoms with van der Waals surface area (Å²) in [5.41, 5.74) is 5.47. The van der Waals surface area contributed by atoms with Crippen LogP contribution in [-0.4, -0.2) is 17.6 Å². The van der Waals surface area contributed by atoms with E-state index in [1.165, 1.54) is 0 Å². The van der Waals surface area contributed by atoms with Gasteiger partial charge in [-0.05, 0) is 57.8 Å². The molecule has 0 saturated heterocycles. The van der Waals surface area contributed by atoms with Gasteiger partial charge in [0.15, 0.2) is 0 Å². The van der Waals surface area contributed by atoms with Gasteiger partial charge in [-0.3, -0.25) is 0 Å². The van der Waals surface area contributed by atoms with Crippen molar-refractivity contribution in [3.63, 3.8) is 0 Å². The first-order valence-electron chi connectivity index (χ1n) is 4.41. The van der Waals surface area contributed by atoms with Crippen molar-refractivity contribution in [2.45, 2.75) is 19.4 Å². The van der Waals surface area contributed by atoms with E-state index >= 15 is 0 Å². The first kappa shape index (κ1) is 11.9. The van der Waals surface area contributed by atoms with Gasteiger partial charge in [0.05, 0.1) is 4.47 Å². The quantitative estimate of drug-likeness (QED) is 0.896. The highest BCUT2D eigenvalue weighted by Gasteiger charge is 2.05. The SMILES string of the molecule is CC(CCN)Nc1ncc(Br)cc1Br. The van der Waals surface area contributed by atoms with Crippen LogP contribution in [0.4, 0.5) is 5.82 Å². The molecule has 0 amide bonds. The van der Waals surface area contributed by atoms with E-state index in [0.29, 0.717) is 12.6 Å². The maximum atomic E-state index is 5.47. The van der Waals surface area contributed by atoms with Gasteiger partial charge in [0, 0.05) is 16.7 Å². The Morgan fingerprint density at radius 1 is 1.57 bits per heavy atom. The van der Waals surface area contributed by atoms with Crippen LogP contribution in [0.3, 0.4) is 0 Å². The molecule has 1 aromatic rings. The Balaban J connectivity index is 2.67. The number of nitrogens with two attached hydrogens (primary N) is 1. The molecule has 0 aliphatic heterocycles. The van der Waals surface area contributed by atoms with Gasteiger partial charge in [0.25, 0.3) is 0 Å². The van der Waals surface area contributed by atoms with Gasteiger partial charge in [-0.25, -0.2) is 4.98 Å². The molecule has 0 aliphatic carbocycles. The fraction of sp³-hybridized carbons (Fsp3) is 0.444. The van der Waals surface area contributed by atoms with Crippen molar-refractivity contribution in [1.82, 2.24) is 4.98 Å². The van der Waals surface area contributed by atoms with E-state index in [-0.39, 0.29) is 0 Å². The predicted octanol–water partition coefficient (Wildman–Crippen LogP) is 2.76. The molecule has 1 heterocycles. The van der Waals surface area contributed by atoms with Crippen molar-refractivity contribution >= 4 is 37.7 Å². The highest BCUT2D eigenvalue weighted by atomic mass is 79.9. The predicted molar refractivity (Wildman–Crippen MR) is 66.4 cm³/mol. The zero-order valence-electron chi connectivity index (χ0n) is 7.93. The molecule has 1 aromatic heterocycles. The molecule has 0 aliphatic rings.